The molecule has 0 aliphatic rings. The Morgan fingerprint density at radius 3 is 2.79 bits per heavy atom. The van der Waals surface area contributed by atoms with Gasteiger partial charge in [-0.2, -0.15) is 0 Å². The molecule has 0 aromatic carbocycles. The fourth-order valence-electron chi connectivity index (χ4n) is 0.900. The Hall–Kier alpha value is -0.0000000000000000555. The van der Waals surface area contributed by atoms with Crippen molar-refractivity contribution in [1.82, 2.24) is 4.98 Å². The van der Waals surface area contributed by atoms with Crippen LogP contribution in [0.15, 0.2) is 3.92 Å². The molecular formula is C9H13BrN2S2. The van der Waals surface area contributed by atoms with Gasteiger partial charge in [0.15, 0.2) is 3.92 Å². The Morgan fingerprint density at radius 2 is 2.36 bits per heavy atom. The summed E-state index contributed by atoms with van der Waals surface area (Å²) in [6.45, 7) is 6.23. The molecule has 2 nitrogen and oxygen atoms in total. The number of hydrogen-bond acceptors (Lipinski definition) is 3. The molecule has 14 heavy (non-hydrogen) atoms. The summed E-state index contributed by atoms with van der Waals surface area (Å²) in [5.41, 5.74) is 0.993. The molecule has 0 saturated heterocycles. The molecule has 1 aromatic rings. The minimum Gasteiger partial charge on any atom is -0.340 e. The van der Waals surface area contributed by atoms with Crippen molar-refractivity contribution in [1.29, 1.82) is 0 Å². The number of halogens is 1. The van der Waals surface area contributed by atoms with E-state index in [4.69, 9.17) is 12.2 Å². The standard InChI is InChI=1S/C9H13BrN2S2/c1-4-5(2)7(13)12-8-6(3)11-9(10)14-8/h5H,4H2,1-3H3,(H,12,13). The number of thiazole rings is 1. The maximum atomic E-state index is 5.28. The first kappa shape index (κ1) is 12.1. The van der Waals surface area contributed by atoms with Crippen LogP contribution < -0.4 is 5.32 Å². The summed E-state index contributed by atoms with van der Waals surface area (Å²) < 4.78 is 0.893. The van der Waals surface area contributed by atoms with Gasteiger partial charge in [-0.25, -0.2) is 4.98 Å². The molecule has 78 valence electrons. The highest BCUT2D eigenvalue weighted by Gasteiger charge is 2.10. The fraction of sp³-hybridized carbons (Fsp3) is 0.556. The molecule has 1 unspecified atom stereocenters. The first-order valence-corrected chi connectivity index (χ1v) is 6.50. The number of aromatic nitrogens is 1. The summed E-state index contributed by atoms with van der Waals surface area (Å²) in [5.74, 6) is 0.422. The maximum absolute atomic E-state index is 5.28. The van der Waals surface area contributed by atoms with Crippen LogP contribution in [-0.2, 0) is 0 Å². The average molecular weight is 293 g/mol. The van der Waals surface area contributed by atoms with Gasteiger partial charge >= 0.3 is 0 Å². The first-order valence-electron chi connectivity index (χ1n) is 4.48. The highest BCUT2D eigenvalue weighted by atomic mass is 79.9. The molecule has 5 heteroatoms. The van der Waals surface area contributed by atoms with E-state index in [0.717, 1.165) is 26.0 Å². The van der Waals surface area contributed by atoms with Crippen LogP contribution >= 0.6 is 39.5 Å². The third-order valence-electron chi connectivity index (χ3n) is 2.07. The number of nitrogens with one attached hydrogen (secondary N) is 1. The molecule has 0 amide bonds. The predicted octanol–water partition coefficient (Wildman–Crippen LogP) is 4.00. The van der Waals surface area contributed by atoms with E-state index in [-0.39, 0.29) is 0 Å². The molecule has 0 aliphatic heterocycles. The van der Waals surface area contributed by atoms with Crippen molar-refractivity contribution in [3.05, 3.63) is 9.61 Å². The van der Waals surface area contributed by atoms with E-state index < -0.39 is 0 Å². The number of hydrogen-bond donors (Lipinski definition) is 1. The second kappa shape index (κ2) is 5.19. The second-order valence-electron chi connectivity index (χ2n) is 3.18. The van der Waals surface area contributed by atoms with E-state index in [2.05, 4.69) is 40.1 Å². The summed E-state index contributed by atoms with van der Waals surface area (Å²) in [6, 6.07) is 0. The lowest BCUT2D eigenvalue weighted by atomic mass is 10.1. The van der Waals surface area contributed by atoms with E-state index >= 15 is 0 Å². The van der Waals surface area contributed by atoms with Gasteiger partial charge in [0.25, 0.3) is 0 Å². The summed E-state index contributed by atoms with van der Waals surface area (Å²) in [7, 11) is 0. The van der Waals surface area contributed by atoms with Gasteiger partial charge in [-0.15, -0.1) is 0 Å². The zero-order chi connectivity index (χ0) is 10.7. The topological polar surface area (TPSA) is 24.9 Å². The smallest absolute Gasteiger partial charge is 0.161 e. The molecule has 1 heterocycles. The zero-order valence-corrected chi connectivity index (χ0v) is 11.6. The van der Waals surface area contributed by atoms with Gasteiger partial charge in [0.2, 0.25) is 0 Å². The van der Waals surface area contributed by atoms with Crippen LogP contribution in [-0.4, -0.2) is 9.97 Å². The van der Waals surface area contributed by atoms with Crippen LogP contribution in [0.5, 0.6) is 0 Å². The third kappa shape index (κ3) is 3.00. The van der Waals surface area contributed by atoms with E-state index in [1.807, 2.05) is 6.92 Å². The van der Waals surface area contributed by atoms with Gasteiger partial charge in [0.05, 0.1) is 10.7 Å². The van der Waals surface area contributed by atoms with Crippen LogP contribution in [0.1, 0.15) is 26.0 Å². The predicted molar refractivity (Wildman–Crippen MR) is 70.2 cm³/mol. The largest absolute Gasteiger partial charge is 0.340 e. The highest BCUT2D eigenvalue weighted by Crippen LogP contribution is 2.28. The minimum absolute atomic E-state index is 0.422. The quantitative estimate of drug-likeness (QED) is 0.853. The van der Waals surface area contributed by atoms with Crippen molar-refractivity contribution in [2.45, 2.75) is 27.2 Å². The van der Waals surface area contributed by atoms with Crippen LogP contribution in [0.4, 0.5) is 5.00 Å². The Morgan fingerprint density at radius 1 is 1.71 bits per heavy atom. The molecule has 1 N–H and O–H groups in total. The Bertz CT molecular complexity index is 336. The van der Waals surface area contributed by atoms with E-state index in [0.29, 0.717) is 5.92 Å². The van der Waals surface area contributed by atoms with Crippen molar-refractivity contribution in [3.63, 3.8) is 0 Å². The molecule has 0 saturated carbocycles. The monoisotopic (exact) mass is 292 g/mol. The maximum Gasteiger partial charge on any atom is 0.161 e. The highest BCUT2D eigenvalue weighted by molar-refractivity contribution is 9.11. The Kier molecular flexibility index (Phi) is 4.47. The van der Waals surface area contributed by atoms with Gasteiger partial charge in [-0.05, 0) is 29.3 Å². The molecule has 1 atom stereocenters. The number of aryl methyl sites for hydroxylation is 1. The lowest BCUT2D eigenvalue weighted by molar-refractivity contribution is 0.748. The molecule has 0 spiro atoms. The number of thiocarbonyl (C=S) groups is 1. The van der Waals surface area contributed by atoms with Gasteiger partial charge in [0, 0.05) is 5.92 Å². The minimum atomic E-state index is 0.422. The Labute approximate surface area is 102 Å². The van der Waals surface area contributed by atoms with Crippen LogP contribution in [0.3, 0.4) is 0 Å². The van der Waals surface area contributed by atoms with E-state index in [1.54, 1.807) is 11.3 Å². The third-order valence-corrected chi connectivity index (χ3v) is 4.10. The number of nitrogens with zero attached hydrogens (tertiary/aromatic N) is 1. The van der Waals surface area contributed by atoms with Crippen molar-refractivity contribution < 1.29 is 0 Å². The van der Waals surface area contributed by atoms with Crippen LogP contribution in [0, 0.1) is 12.8 Å². The SMILES string of the molecule is CCC(C)C(=S)Nc1sc(Br)nc1C. The normalized spacial score (nSPS) is 12.6. The molecule has 0 radical (unpaired) electrons. The summed E-state index contributed by atoms with van der Waals surface area (Å²) >= 11 is 10.2. The van der Waals surface area contributed by atoms with Gasteiger partial charge < -0.3 is 5.32 Å². The summed E-state index contributed by atoms with van der Waals surface area (Å²) in [5, 5.41) is 4.28. The summed E-state index contributed by atoms with van der Waals surface area (Å²) in [6.07, 6.45) is 1.06. The molecular weight excluding hydrogens is 280 g/mol. The molecule has 0 aliphatic carbocycles. The number of anilines is 1. The van der Waals surface area contributed by atoms with E-state index in [1.165, 1.54) is 0 Å². The second-order valence-corrected chi connectivity index (χ2v) is 5.89. The van der Waals surface area contributed by atoms with Crippen LogP contribution in [0.25, 0.3) is 0 Å². The molecule has 0 bridgehead atoms. The van der Waals surface area contributed by atoms with Gasteiger partial charge in [0.1, 0.15) is 5.00 Å². The zero-order valence-electron chi connectivity index (χ0n) is 8.43. The van der Waals surface area contributed by atoms with Crippen molar-refractivity contribution in [2.24, 2.45) is 5.92 Å². The van der Waals surface area contributed by atoms with Crippen molar-refractivity contribution >= 4 is 49.5 Å². The first-order chi connectivity index (χ1) is 6.54. The lowest BCUT2D eigenvalue weighted by Gasteiger charge is -2.11. The van der Waals surface area contributed by atoms with Gasteiger partial charge in [-0.3, -0.25) is 0 Å². The fourth-order valence-corrected chi connectivity index (χ4v) is 2.69. The van der Waals surface area contributed by atoms with Crippen LogP contribution in [0.2, 0.25) is 0 Å². The molecule has 1 aromatic heterocycles. The molecule has 1 rings (SSSR count). The molecule has 0 fully saturated rings. The van der Waals surface area contributed by atoms with Crippen molar-refractivity contribution in [2.75, 3.05) is 5.32 Å². The summed E-state index contributed by atoms with van der Waals surface area (Å²) in [4.78, 5) is 5.16. The Balaban J connectivity index is 2.69. The van der Waals surface area contributed by atoms with E-state index in [9.17, 15) is 0 Å². The average Bonchev–Trinajstić information content (AvgIpc) is 2.44. The van der Waals surface area contributed by atoms with Crippen molar-refractivity contribution in [3.8, 4) is 0 Å². The number of rotatable bonds is 3. The lowest BCUT2D eigenvalue weighted by Crippen LogP contribution is -2.17. The van der Waals surface area contributed by atoms with Gasteiger partial charge in [-0.1, -0.05) is 37.4 Å².